The summed E-state index contributed by atoms with van der Waals surface area (Å²) in [7, 11) is 12.0. The molecule has 0 fully saturated rings. The van der Waals surface area contributed by atoms with Crippen LogP contribution < -0.4 is 16.0 Å². The third-order valence-corrected chi connectivity index (χ3v) is 11.6. The second kappa shape index (κ2) is 32.0. The van der Waals surface area contributed by atoms with E-state index in [9.17, 15) is 28.8 Å². The Morgan fingerprint density at radius 1 is 0.574 bits per heavy atom. The summed E-state index contributed by atoms with van der Waals surface area (Å²) in [6.07, 6.45) is 6.30. The Balaban J connectivity index is 6.22. The van der Waals surface area contributed by atoms with Crippen LogP contribution in [-0.2, 0) is 33.5 Å². The van der Waals surface area contributed by atoms with Crippen LogP contribution in [0.1, 0.15) is 126 Å². The van der Waals surface area contributed by atoms with Crippen molar-refractivity contribution in [2.45, 2.75) is 126 Å². The van der Waals surface area contributed by atoms with Gasteiger partial charge in [0.2, 0.25) is 11.8 Å². The SMILES string of the molecule is CCCCCCOC(=O)CC(CC)C(=O)C(C)(C)CC(CC(=O)C(C)(C)CC(CC(=O)NCCN(C)CCN(C)C)C(=O)CNCCCC)C(=O)NCCN(C)CCN(C)C. The van der Waals surface area contributed by atoms with Crippen LogP contribution in [0.15, 0.2) is 0 Å². The van der Waals surface area contributed by atoms with Crippen LogP contribution in [0.4, 0.5) is 0 Å². The lowest BCUT2D eigenvalue weighted by Gasteiger charge is -2.33. The van der Waals surface area contributed by atoms with E-state index >= 15 is 0 Å². The van der Waals surface area contributed by atoms with Crippen LogP contribution in [-0.4, -0.2) is 169 Å². The lowest BCUT2D eigenvalue weighted by molar-refractivity contribution is -0.148. The molecule has 0 heterocycles. The van der Waals surface area contributed by atoms with E-state index in [0.29, 0.717) is 45.8 Å². The van der Waals surface area contributed by atoms with Crippen LogP contribution in [0, 0.1) is 28.6 Å². The fourth-order valence-corrected chi connectivity index (χ4v) is 7.27. The molecule has 0 saturated heterocycles. The smallest absolute Gasteiger partial charge is 0.306 e. The summed E-state index contributed by atoms with van der Waals surface area (Å²) in [5.74, 6) is -3.55. The number of nitrogens with one attached hydrogen (secondary N) is 3. The number of amides is 2. The van der Waals surface area contributed by atoms with Crippen LogP contribution in [0.5, 0.6) is 0 Å². The monoisotopic (exact) mass is 866 g/mol. The second-order valence-electron chi connectivity index (χ2n) is 19.2. The number of Topliss-reactive ketones (excluding diaryl/α,β-unsaturated/α-hetero) is 3. The summed E-state index contributed by atoms with van der Waals surface area (Å²) in [6, 6.07) is 0. The van der Waals surface area contributed by atoms with Gasteiger partial charge in [0.25, 0.3) is 0 Å². The maximum absolute atomic E-state index is 14.4. The number of carbonyl (C=O) groups excluding carboxylic acids is 6. The summed E-state index contributed by atoms with van der Waals surface area (Å²) in [6.45, 7) is 19.8. The number of unbranched alkanes of at least 4 members (excludes halogenated alkanes) is 4. The van der Waals surface area contributed by atoms with Gasteiger partial charge >= 0.3 is 5.97 Å². The van der Waals surface area contributed by atoms with E-state index in [0.717, 1.165) is 64.7 Å². The molecule has 0 spiro atoms. The highest BCUT2D eigenvalue weighted by Gasteiger charge is 2.41. The van der Waals surface area contributed by atoms with E-state index in [1.165, 1.54) is 0 Å². The summed E-state index contributed by atoms with van der Waals surface area (Å²) >= 11 is 0. The number of likely N-dealkylation sites (N-methyl/N-ethyl adjacent to an activating group) is 4. The first-order valence-corrected chi connectivity index (χ1v) is 23.3. The molecule has 14 nitrogen and oxygen atoms in total. The Bertz CT molecular complexity index is 1290. The highest BCUT2D eigenvalue weighted by atomic mass is 16.5. The number of carbonyl (C=O) groups is 6. The van der Waals surface area contributed by atoms with E-state index in [1.54, 1.807) is 27.7 Å². The fraction of sp³-hybridized carbons (Fsp3) is 0.872. The number of esters is 1. The molecule has 0 aromatic heterocycles. The molecule has 0 aliphatic rings. The minimum atomic E-state index is -1.05. The maximum Gasteiger partial charge on any atom is 0.306 e. The van der Waals surface area contributed by atoms with Crippen molar-refractivity contribution < 1.29 is 33.5 Å². The molecule has 0 rings (SSSR count). The first-order valence-electron chi connectivity index (χ1n) is 23.3. The lowest BCUT2D eigenvalue weighted by Crippen LogP contribution is -2.43. The second-order valence-corrected chi connectivity index (χ2v) is 19.2. The zero-order chi connectivity index (χ0) is 46.6. The number of hydrogen-bond donors (Lipinski definition) is 3. The Morgan fingerprint density at radius 2 is 1.13 bits per heavy atom. The standard InChI is InChI=1S/C47H91N7O7/c1-14-17-19-20-30-61-43(58)33-37(16-3)44(59)47(6,7)35-39(45(60)50-23-25-54(13)29-27-52(10)11)31-41(56)46(4,5)34-38(40(55)36-48-21-18-15-2)32-42(57)49-22-24-53(12)28-26-51(8)9/h37-39,48H,14-36H2,1-13H3,(H,49,57)(H,50,60). The normalized spacial score (nSPS) is 13.7. The summed E-state index contributed by atoms with van der Waals surface area (Å²) in [4.78, 5) is 90.7. The molecule has 0 aliphatic heterocycles. The number of ketones is 3. The molecular formula is C47H91N7O7. The predicted octanol–water partition coefficient (Wildman–Crippen LogP) is 4.69. The minimum Gasteiger partial charge on any atom is -0.466 e. The van der Waals surface area contributed by atoms with Crippen LogP contribution >= 0.6 is 0 Å². The molecule has 3 unspecified atom stereocenters. The molecule has 0 saturated carbocycles. The predicted molar refractivity (Wildman–Crippen MR) is 247 cm³/mol. The molecule has 3 atom stereocenters. The van der Waals surface area contributed by atoms with Gasteiger partial charge in [0, 0.05) is 93.8 Å². The molecule has 356 valence electrons. The van der Waals surface area contributed by atoms with Crippen LogP contribution in [0.2, 0.25) is 0 Å². The first-order chi connectivity index (χ1) is 28.6. The number of ether oxygens (including phenoxy) is 1. The molecule has 3 N–H and O–H groups in total. The Hall–Kier alpha value is -2.78. The molecule has 0 aromatic carbocycles. The lowest BCUT2D eigenvalue weighted by atomic mass is 9.70. The summed E-state index contributed by atoms with van der Waals surface area (Å²) in [5.41, 5.74) is -2.08. The van der Waals surface area contributed by atoms with Gasteiger partial charge in [-0.1, -0.05) is 74.1 Å². The van der Waals surface area contributed by atoms with Gasteiger partial charge in [-0.25, -0.2) is 0 Å². The topological polar surface area (TPSA) is 161 Å². The molecule has 0 radical (unpaired) electrons. The van der Waals surface area contributed by atoms with Crippen LogP contribution in [0.25, 0.3) is 0 Å². The van der Waals surface area contributed by atoms with Crippen molar-refractivity contribution in [1.29, 1.82) is 0 Å². The van der Waals surface area contributed by atoms with Crippen molar-refractivity contribution >= 4 is 35.1 Å². The van der Waals surface area contributed by atoms with E-state index in [4.69, 9.17) is 4.74 Å². The van der Waals surface area contributed by atoms with Gasteiger partial charge in [-0.3, -0.25) is 28.8 Å². The van der Waals surface area contributed by atoms with E-state index in [2.05, 4.69) is 49.4 Å². The van der Waals surface area contributed by atoms with E-state index in [-0.39, 0.29) is 67.8 Å². The van der Waals surface area contributed by atoms with Crippen molar-refractivity contribution in [3.05, 3.63) is 0 Å². The first kappa shape index (κ1) is 58.2. The zero-order valence-corrected chi connectivity index (χ0v) is 41.1. The van der Waals surface area contributed by atoms with Gasteiger partial charge in [0.15, 0.2) is 0 Å². The van der Waals surface area contributed by atoms with E-state index in [1.807, 2.05) is 49.2 Å². The summed E-state index contributed by atoms with van der Waals surface area (Å²) in [5, 5.41) is 9.22. The van der Waals surface area contributed by atoms with Gasteiger partial charge in [-0.05, 0) is 80.9 Å². The van der Waals surface area contributed by atoms with E-state index < -0.39 is 34.6 Å². The van der Waals surface area contributed by atoms with Crippen molar-refractivity contribution in [2.24, 2.45) is 28.6 Å². The van der Waals surface area contributed by atoms with Gasteiger partial charge in [-0.15, -0.1) is 0 Å². The average molecular weight is 866 g/mol. The van der Waals surface area contributed by atoms with Gasteiger partial charge in [0.1, 0.15) is 17.3 Å². The van der Waals surface area contributed by atoms with Gasteiger partial charge in [0.05, 0.1) is 19.6 Å². The number of nitrogens with zero attached hydrogens (tertiary/aromatic N) is 4. The van der Waals surface area contributed by atoms with Gasteiger partial charge in [-0.2, -0.15) is 0 Å². The molecule has 0 bridgehead atoms. The molecular weight excluding hydrogens is 775 g/mol. The number of rotatable bonds is 38. The highest BCUT2D eigenvalue weighted by molar-refractivity contribution is 5.93. The van der Waals surface area contributed by atoms with Gasteiger partial charge < -0.3 is 40.3 Å². The number of hydrogen-bond acceptors (Lipinski definition) is 12. The highest BCUT2D eigenvalue weighted by Crippen LogP contribution is 2.37. The molecule has 2 amide bonds. The maximum atomic E-state index is 14.4. The zero-order valence-electron chi connectivity index (χ0n) is 41.1. The summed E-state index contributed by atoms with van der Waals surface area (Å²) < 4.78 is 5.47. The van der Waals surface area contributed by atoms with Crippen molar-refractivity contribution in [3.63, 3.8) is 0 Å². The average Bonchev–Trinajstić information content (AvgIpc) is 3.18. The van der Waals surface area contributed by atoms with Crippen molar-refractivity contribution in [2.75, 3.05) is 114 Å². The molecule has 0 aliphatic carbocycles. The Labute approximate surface area is 371 Å². The third kappa shape index (κ3) is 27.1. The molecule has 14 heteroatoms. The molecule has 0 aromatic rings. The molecule has 61 heavy (non-hydrogen) atoms. The quantitative estimate of drug-likeness (QED) is 0.0582. The van der Waals surface area contributed by atoms with Crippen molar-refractivity contribution in [1.82, 2.24) is 35.6 Å². The Kier molecular flexibility index (Phi) is 30.5. The third-order valence-electron chi connectivity index (χ3n) is 11.6. The fourth-order valence-electron chi connectivity index (χ4n) is 7.27. The van der Waals surface area contributed by atoms with Crippen molar-refractivity contribution in [3.8, 4) is 0 Å². The Morgan fingerprint density at radius 3 is 1.67 bits per heavy atom. The largest absolute Gasteiger partial charge is 0.466 e. The van der Waals surface area contributed by atoms with Crippen LogP contribution in [0.3, 0.4) is 0 Å². The minimum absolute atomic E-state index is 0.0297.